The first-order valence-electron chi connectivity index (χ1n) is 8.75. The molecule has 0 spiro atoms. The van der Waals surface area contributed by atoms with Crippen LogP contribution in [-0.4, -0.2) is 42.3 Å². The van der Waals surface area contributed by atoms with Gasteiger partial charge < -0.3 is 19.9 Å². The zero-order valence-corrected chi connectivity index (χ0v) is 14.8. The zero-order chi connectivity index (χ0) is 17.8. The van der Waals surface area contributed by atoms with Crippen molar-refractivity contribution in [3.8, 4) is 0 Å². The van der Waals surface area contributed by atoms with E-state index in [0.717, 1.165) is 22.3 Å². The maximum absolute atomic E-state index is 9.62. The lowest BCUT2D eigenvalue weighted by molar-refractivity contribution is 0.275. The van der Waals surface area contributed by atoms with E-state index in [1.165, 1.54) is 25.7 Å². The minimum absolute atomic E-state index is 0.423. The molecule has 1 heterocycles. The first kappa shape index (κ1) is 17.7. The standard InChI is InChI=1S/C18H25BN4O2/c1-13(18(20)23(2)16-5-3-4-6-16)10-21-12-22-15-7-8-17-14(9-15)11-25-19(17)24/h7-10,12,16,20,24H,3-6,11H2,1-2H3,(H,21,22)/b13-10-,20-18?. The normalized spacial score (nSPS) is 18.0. The molecule has 1 aliphatic heterocycles. The lowest BCUT2D eigenvalue weighted by atomic mass is 9.79. The SMILES string of the molecule is C/C(=C/N=CNc1ccc2c(c1)COB2O)C(=N)N(C)C1CCCC1. The molecule has 0 bridgehead atoms. The molecule has 25 heavy (non-hydrogen) atoms. The van der Waals surface area contributed by atoms with Crippen molar-refractivity contribution in [1.82, 2.24) is 4.90 Å². The van der Waals surface area contributed by atoms with Gasteiger partial charge in [0.05, 0.1) is 12.9 Å². The fraction of sp³-hybridized carbons (Fsp3) is 0.444. The highest BCUT2D eigenvalue weighted by molar-refractivity contribution is 6.61. The van der Waals surface area contributed by atoms with Crippen molar-refractivity contribution in [2.45, 2.75) is 45.3 Å². The van der Waals surface area contributed by atoms with Crippen LogP contribution in [0, 0.1) is 5.41 Å². The second kappa shape index (κ2) is 7.84. The van der Waals surface area contributed by atoms with Gasteiger partial charge in [-0.1, -0.05) is 18.9 Å². The van der Waals surface area contributed by atoms with Gasteiger partial charge in [-0.2, -0.15) is 0 Å². The Hall–Kier alpha value is -2.12. The van der Waals surface area contributed by atoms with Crippen LogP contribution in [0.25, 0.3) is 0 Å². The smallest absolute Gasteiger partial charge is 0.423 e. The minimum atomic E-state index is -0.814. The van der Waals surface area contributed by atoms with Gasteiger partial charge in [0.2, 0.25) is 0 Å². The Labute approximate surface area is 149 Å². The molecular formula is C18H25BN4O2. The largest absolute Gasteiger partial charge is 0.491 e. The third kappa shape index (κ3) is 4.11. The summed E-state index contributed by atoms with van der Waals surface area (Å²) in [5.41, 5.74) is 3.54. The summed E-state index contributed by atoms with van der Waals surface area (Å²) in [6.45, 7) is 2.34. The molecule has 1 aromatic rings. The Morgan fingerprint density at radius 3 is 2.96 bits per heavy atom. The van der Waals surface area contributed by atoms with Crippen molar-refractivity contribution in [3.05, 3.63) is 35.5 Å². The quantitative estimate of drug-likeness (QED) is 0.436. The highest BCUT2D eigenvalue weighted by Gasteiger charge is 2.26. The van der Waals surface area contributed by atoms with Crippen molar-refractivity contribution >= 4 is 30.4 Å². The van der Waals surface area contributed by atoms with Gasteiger partial charge in [0.15, 0.2) is 0 Å². The lowest BCUT2D eigenvalue weighted by Crippen LogP contribution is -2.35. The Morgan fingerprint density at radius 2 is 2.20 bits per heavy atom. The predicted octanol–water partition coefficient (Wildman–Crippen LogP) is 2.10. The van der Waals surface area contributed by atoms with Crippen molar-refractivity contribution in [1.29, 1.82) is 5.41 Å². The number of nitrogens with zero attached hydrogens (tertiary/aromatic N) is 2. The van der Waals surface area contributed by atoms with E-state index in [9.17, 15) is 5.02 Å². The first-order valence-corrected chi connectivity index (χ1v) is 8.75. The van der Waals surface area contributed by atoms with Crippen LogP contribution >= 0.6 is 0 Å². The molecule has 0 saturated heterocycles. The fourth-order valence-electron chi connectivity index (χ4n) is 3.39. The number of hydrogen-bond donors (Lipinski definition) is 3. The number of hydrogen-bond acceptors (Lipinski definition) is 4. The van der Waals surface area contributed by atoms with E-state index in [1.807, 2.05) is 32.2 Å². The third-order valence-corrected chi connectivity index (χ3v) is 4.98. The summed E-state index contributed by atoms with van der Waals surface area (Å²) < 4.78 is 5.18. The van der Waals surface area contributed by atoms with Crippen LogP contribution in [0.3, 0.4) is 0 Å². The second-order valence-electron chi connectivity index (χ2n) is 6.71. The summed E-state index contributed by atoms with van der Waals surface area (Å²) in [5, 5.41) is 21.0. The number of nitrogens with one attached hydrogen (secondary N) is 2. The van der Waals surface area contributed by atoms with Crippen LogP contribution in [0.15, 0.2) is 35.0 Å². The van der Waals surface area contributed by atoms with E-state index in [-0.39, 0.29) is 0 Å². The summed E-state index contributed by atoms with van der Waals surface area (Å²) in [5.74, 6) is 0.535. The molecule has 0 atom stereocenters. The van der Waals surface area contributed by atoms with E-state index >= 15 is 0 Å². The van der Waals surface area contributed by atoms with Crippen LogP contribution in [0.1, 0.15) is 38.2 Å². The Morgan fingerprint density at radius 1 is 1.44 bits per heavy atom. The topological polar surface area (TPSA) is 80.9 Å². The van der Waals surface area contributed by atoms with Gasteiger partial charge in [0.25, 0.3) is 0 Å². The first-order chi connectivity index (χ1) is 12.1. The van der Waals surface area contributed by atoms with Gasteiger partial charge >= 0.3 is 7.12 Å². The minimum Gasteiger partial charge on any atom is -0.423 e. The molecule has 0 aromatic heterocycles. The summed E-state index contributed by atoms with van der Waals surface area (Å²) >= 11 is 0. The van der Waals surface area contributed by atoms with Gasteiger partial charge in [-0.05, 0) is 42.9 Å². The lowest BCUT2D eigenvalue weighted by Gasteiger charge is -2.26. The molecule has 1 aliphatic carbocycles. The number of anilines is 1. The number of rotatable bonds is 5. The van der Waals surface area contributed by atoms with Crippen LogP contribution in [0.2, 0.25) is 0 Å². The number of likely N-dealkylation sites (N-methyl/N-ethyl adjacent to an activating group) is 1. The van der Waals surface area contributed by atoms with Gasteiger partial charge in [-0.15, -0.1) is 0 Å². The summed E-state index contributed by atoms with van der Waals surface area (Å²) in [4.78, 5) is 6.32. The maximum atomic E-state index is 9.62. The highest BCUT2D eigenvalue weighted by Crippen LogP contribution is 2.23. The van der Waals surface area contributed by atoms with Gasteiger partial charge in [0.1, 0.15) is 5.84 Å². The molecule has 132 valence electrons. The maximum Gasteiger partial charge on any atom is 0.491 e. The summed E-state index contributed by atoms with van der Waals surface area (Å²) in [6, 6.07) is 6.18. The van der Waals surface area contributed by atoms with Gasteiger partial charge in [0, 0.05) is 30.5 Å². The molecule has 6 nitrogen and oxygen atoms in total. The van der Waals surface area contributed by atoms with Crippen molar-refractivity contribution in [3.63, 3.8) is 0 Å². The predicted molar refractivity (Wildman–Crippen MR) is 102 cm³/mol. The number of fused-ring (bicyclic) bond motifs is 1. The Bertz CT molecular complexity index is 698. The fourth-order valence-corrected chi connectivity index (χ4v) is 3.39. The molecule has 3 N–H and O–H groups in total. The van der Waals surface area contributed by atoms with Gasteiger partial charge in [-0.25, -0.2) is 4.99 Å². The van der Waals surface area contributed by atoms with E-state index in [2.05, 4.69) is 15.2 Å². The monoisotopic (exact) mass is 340 g/mol. The summed E-state index contributed by atoms with van der Waals surface area (Å²) in [7, 11) is 1.18. The molecule has 1 saturated carbocycles. The van der Waals surface area contributed by atoms with E-state index in [1.54, 1.807) is 12.5 Å². The third-order valence-electron chi connectivity index (χ3n) is 4.98. The van der Waals surface area contributed by atoms with Crippen LogP contribution < -0.4 is 10.8 Å². The zero-order valence-electron chi connectivity index (χ0n) is 14.8. The average Bonchev–Trinajstić information content (AvgIpc) is 3.27. The molecule has 3 rings (SSSR count). The van der Waals surface area contributed by atoms with E-state index in [4.69, 9.17) is 10.1 Å². The molecule has 0 amide bonds. The summed E-state index contributed by atoms with van der Waals surface area (Å²) in [6.07, 6.45) is 8.19. The molecule has 0 radical (unpaired) electrons. The van der Waals surface area contributed by atoms with E-state index < -0.39 is 7.12 Å². The molecule has 2 aliphatic rings. The second-order valence-corrected chi connectivity index (χ2v) is 6.71. The van der Waals surface area contributed by atoms with Crippen molar-refractivity contribution in [2.24, 2.45) is 4.99 Å². The van der Waals surface area contributed by atoms with Crippen LogP contribution in [0.4, 0.5) is 5.69 Å². The molecule has 7 heteroatoms. The molecule has 1 aromatic carbocycles. The average molecular weight is 340 g/mol. The number of benzene rings is 1. The number of amidine groups is 1. The van der Waals surface area contributed by atoms with Crippen molar-refractivity contribution in [2.75, 3.05) is 12.4 Å². The Kier molecular flexibility index (Phi) is 5.55. The van der Waals surface area contributed by atoms with Crippen LogP contribution in [0.5, 0.6) is 0 Å². The number of aliphatic imine (C=N–C) groups is 1. The molecule has 1 fully saturated rings. The Balaban J connectivity index is 1.55. The molecule has 0 unspecified atom stereocenters. The van der Waals surface area contributed by atoms with E-state index in [0.29, 0.717) is 18.5 Å². The molecular weight excluding hydrogens is 315 g/mol. The highest BCUT2D eigenvalue weighted by atomic mass is 16.5. The van der Waals surface area contributed by atoms with Gasteiger partial charge in [-0.3, -0.25) is 5.41 Å². The van der Waals surface area contributed by atoms with Crippen LogP contribution in [-0.2, 0) is 11.3 Å². The van der Waals surface area contributed by atoms with Crippen molar-refractivity contribution < 1.29 is 9.68 Å².